The number of rotatable bonds is 3. The molecule has 4 nitrogen and oxygen atoms in total. The van der Waals surface area contributed by atoms with Crippen molar-refractivity contribution in [2.45, 2.75) is 5.92 Å². The second-order valence-corrected chi connectivity index (χ2v) is 3.69. The summed E-state index contributed by atoms with van der Waals surface area (Å²) in [5.41, 5.74) is 0.0486. The molecule has 80 valence electrons. The summed E-state index contributed by atoms with van der Waals surface area (Å²) in [5.74, 6) is -4.57. The number of carboxylic acid groups (broad SMARTS) is 2. The van der Waals surface area contributed by atoms with Gasteiger partial charge in [-0.15, -0.1) is 0 Å². The maximum absolute atomic E-state index is 10.7. The third kappa shape index (κ3) is 2.84. The molecular formula is C9H6Cl2O4. The van der Waals surface area contributed by atoms with Crippen molar-refractivity contribution in [1.82, 2.24) is 0 Å². The van der Waals surface area contributed by atoms with Crippen molar-refractivity contribution in [2.24, 2.45) is 0 Å². The molecule has 0 aliphatic rings. The third-order valence-electron chi connectivity index (χ3n) is 1.71. The Hall–Kier alpha value is -1.26. The van der Waals surface area contributed by atoms with E-state index in [1.54, 1.807) is 0 Å². The van der Waals surface area contributed by atoms with E-state index >= 15 is 0 Å². The number of hydrogen-bond donors (Lipinski definition) is 2. The first-order chi connectivity index (χ1) is 6.91. The lowest BCUT2D eigenvalue weighted by Gasteiger charge is -2.08. The average Bonchev–Trinajstić information content (AvgIpc) is 1.99. The smallest absolute Gasteiger partial charge is 0.322 e. The van der Waals surface area contributed by atoms with Gasteiger partial charge >= 0.3 is 11.9 Å². The maximum Gasteiger partial charge on any atom is 0.322 e. The van der Waals surface area contributed by atoms with Gasteiger partial charge in [0, 0.05) is 10.0 Å². The van der Waals surface area contributed by atoms with Crippen LogP contribution in [-0.2, 0) is 9.59 Å². The Bertz CT molecular complexity index is 382. The molecule has 1 aromatic rings. The van der Waals surface area contributed by atoms with Gasteiger partial charge in [-0.3, -0.25) is 9.59 Å². The zero-order chi connectivity index (χ0) is 11.6. The van der Waals surface area contributed by atoms with Gasteiger partial charge in [-0.05, 0) is 23.8 Å². The van der Waals surface area contributed by atoms with E-state index < -0.39 is 17.9 Å². The van der Waals surface area contributed by atoms with Crippen LogP contribution in [0.5, 0.6) is 0 Å². The van der Waals surface area contributed by atoms with Gasteiger partial charge in [0.2, 0.25) is 0 Å². The topological polar surface area (TPSA) is 74.6 Å². The zero-order valence-electron chi connectivity index (χ0n) is 7.28. The van der Waals surface area contributed by atoms with Gasteiger partial charge < -0.3 is 10.2 Å². The van der Waals surface area contributed by atoms with Crippen LogP contribution in [0, 0.1) is 0 Å². The zero-order valence-corrected chi connectivity index (χ0v) is 8.79. The summed E-state index contributed by atoms with van der Waals surface area (Å²) < 4.78 is 0. The van der Waals surface area contributed by atoms with Crippen molar-refractivity contribution >= 4 is 35.1 Å². The summed E-state index contributed by atoms with van der Waals surface area (Å²) in [4.78, 5) is 21.4. The summed E-state index contributed by atoms with van der Waals surface area (Å²) in [6.07, 6.45) is 0. The van der Waals surface area contributed by atoms with Crippen LogP contribution >= 0.6 is 23.2 Å². The highest BCUT2D eigenvalue weighted by atomic mass is 35.5. The second kappa shape index (κ2) is 4.51. The number of aliphatic carboxylic acids is 2. The largest absolute Gasteiger partial charge is 0.480 e. The number of hydrogen-bond acceptors (Lipinski definition) is 2. The van der Waals surface area contributed by atoms with Crippen LogP contribution in [0.3, 0.4) is 0 Å². The van der Waals surface area contributed by atoms with Crippen molar-refractivity contribution in [3.63, 3.8) is 0 Å². The van der Waals surface area contributed by atoms with Crippen molar-refractivity contribution in [3.8, 4) is 0 Å². The first-order valence-corrected chi connectivity index (χ1v) is 4.59. The first kappa shape index (κ1) is 11.8. The average molecular weight is 249 g/mol. The minimum atomic E-state index is -1.65. The molecule has 0 fully saturated rings. The van der Waals surface area contributed by atoms with Crippen molar-refractivity contribution in [2.75, 3.05) is 0 Å². The minimum Gasteiger partial charge on any atom is -0.480 e. The van der Waals surface area contributed by atoms with Crippen LogP contribution in [0.25, 0.3) is 0 Å². The Morgan fingerprint density at radius 1 is 1.00 bits per heavy atom. The highest BCUT2D eigenvalue weighted by molar-refractivity contribution is 6.34. The van der Waals surface area contributed by atoms with E-state index in [2.05, 4.69) is 0 Å². The molecule has 0 aliphatic carbocycles. The van der Waals surface area contributed by atoms with Crippen LogP contribution in [0.1, 0.15) is 11.5 Å². The fraction of sp³-hybridized carbons (Fsp3) is 0.111. The molecule has 0 aromatic heterocycles. The molecule has 0 heterocycles. The standard InChI is InChI=1S/C9H6Cl2O4/c10-5-1-4(2-6(11)3-5)7(8(12)13)9(14)15/h1-3,7H,(H,12,13)(H,14,15). The molecule has 15 heavy (non-hydrogen) atoms. The number of benzene rings is 1. The molecule has 0 bridgehead atoms. The lowest BCUT2D eigenvalue weighted by atomic mass is 10.00. The molecule has 1 rings (SSSR count). The van der Waals surface area contributed by atoms with Gasteiger partial charge in [0.15, 0.2) is 5.92 Å². The van der Waals surface area contributed by atoms with Gasteiger partial charge in [-0.2, -0.15) is 0 Å². The monoisotopic (exact) mass is 248 g/mol. The van der Waals surface area contributed by atoms with Gasteiger partial charge in [-0.1, -0.05) is 23.2 Å². The van der Waals surface area contributed by atoms with E-state index in [0.29, 0.717) is 0 Å². The highest BCUT2D eigenvalue weighted by Gasteiger charge is 2.28. The Morgan fingerprint density at radius 3 is 1.73 bits per heavy atom. The summed E-state index contributed by atoms with van der Waals surface area (Å²) in [7, 11) is 0. The predicted octanol–water partition coefficient (Wildman–Crippen LogP) is 2.25. The van der Waals surface area contributed by atoms with E-state index in [-0.39, 0.29) is 15.6 Å². The molecule has 0 unspecified atom stereocenters. The third-order valence-corrected chi connectivity index (χ3v) is 2.15. The van der Waals surface area contributed by atoms with Gasteiger partial charge in [-0.25, -0.2) is 0 Å². The van der Waals surface area contributed by atoms with Gasteiger partial charge in [0.25, 0.3) is 0 Å². The summed E-state index contributed by atoms with van der Waals surface area (Å²) in [6, 6.07) is 3.92. The van der Waals surface area contributed by atoms with Crippen LogP contribution < -0.4 is 0 Å². The fourth-order valence-electron chi connectivity index (χ4n) is 1.13. The molecule has 0 spiro atoms. The maximum atomic E-state index is 10.7. The Balaban J connectivity index is 3.22. The normalized spacial score (nSPS) is 10.3. The van der Waals surface area contributed by atoms with Crippen molar-refractivity contribution in [1.29, 1.82) is 0 Å². The summed E-state index contributed by atoms with van der Waals surface area (Å²) >= 11 is 11.3. The lowest BCUT2D eigenvalue weighted by Crippen LogP contribution is -2.20. The van der Waals surface area contributed by atoms with Gasteiger partial charge in [0.1, 0.15) is 0 Å². The first-order valence-electron chi connectivity index (χ1n) is 3.83. The quantitative estimate of drug-likeness (QED) is 0.805. The van der Waals surface area contributed by atoms with E-state index in [1.165, 1.54) is 18.2 Å². The number of carbonyl (C=O) groups is 2. The van der Waals surface area contributed by atoms with E-state index in [4.69, 9.17) is 33.4 Å². The summed E-state index contributed by atoms with van der Waals surface area (Å²) in [6.45, 7) is 0. The van der Waals surface area contributed by atoms with Crippen molar-refractivity contribution < 1.29 is 19.8 Å². The molecule has 0 saturated carbocycles. The molecule has 0 aliphatic heterocycles. The predicted molar refractivity (Wildman–Crippen MR) is 54.5 cm³/mol. The van der Waals surface area contributed by atoms with E-state index in [9.17, 15) is 9.59 Å². The molecular weight excluding hydrogens is 243 g/mol. The second-order valence-electron chi connectivity index (χ2n) is 2.81. The molecule has 0 radical (unpaired) electrons. The minimum absolute atomic E-state index is 0.0486. The van der Waals surface area contributed by atoms with Gasteiger partial charge in [0.05, 0.1) is 0 Å². The van der Waals surface area contributed by atoms with Crippen LogP contribution in [0.2, 0.25) is 10.0 Å². The molecule has 0 atom stereocenters. The SMILES string of the molecule is O=C(O)C(C(=O)O)c1cc(Cl)cc(Cl)c1. The molecule has 0 amide bonds. The van der Waals surface area contributed by atoms with E-state index in [0.717, 1.165) is 0 Å². The van der Waals surface area contributed by atoms with E-state index in [1.807, 2.05) is 0 Å². The van der Waals surface area contributed by atoms with Crippen LogP contribution in [-0.4, -0.2) is 22.2 Å². The Labute approximate surface area is 95.0 Å². The molecule has 6 heteroatoms. The number of halogens is 2. The van der Waals surface area contributed by atoms with Crippen LogP contribution in [0.15, 0.2) is 18.2 Å². The highest BCUT2D eigenvalue weighted by Crippen LogP contribution is 2.25. The molecule has 2 N–H and O–H groups in total. The summed E-state index contributed by atoms with van der Waals surface area (Å²) in [5, 5.41) is 17.8. The van der Waals surface area contributed by atoms with Crippen molar-refractivity contribution in [3.05, 3.63) is 33.8 Å². The Kier molecular flexibility index (Phi) is 3.55. The lowest BCUT2D eigenvalue weighted by molar-refractivity contribution is -0.150. The Morgan fingerprint density at radius 2 is 1.40 bits per heavy atom. The fourth-order valence-corrected chi connectivity index (χ4v) is 1.68. The molecule has 0 saturated heterocycles. The molecule has 1 aromatic carbocycles. The number of carboxylic acids is 2. The van der Waals surface area contributed by atoms with Crippen LogP contribution in [0.4, 0.5) is 0 Å².